The standard InChI is InChI=1S/C17H19ClN4O3S2/c1-11(27-13-4-2-12(18)3-5-13)15(23)20-21-16(24)14-10-26-17(19-14)22-6-8-25-9-7-22/h2-5,10-11H,6-9H2,1H3,(H,20,23)(H,21,24)/t11-/m1/s1. The summed E-state index contributed by atoms with van der Waals surface area (Å²) >= 11 is 8.63. The summed E-state index contributed by atoms with van der Waals surface area (Å²) in [6.07, 6.45) is 0. The maximum Gasteiger partial charge on any atom is 0.289 e. The first-order chi connectivity index (χ1) is 13.0. The quantitative estimate of drug-likeness (QED) is 0.564. The van der Waals surface area contributed by atoms with Crippen LogP contribution in [-0.4, -0.2) is 48.4 Å². The summed E-state index contributed by atoms with van der Waals surface area (Å²) < 4.78 is 5.31. The Morgan fingerprint density at radius 1 is 1.26 bits per heavy atom. The number of rotatable bonds is 5. The maximum absolute atomic E-state index is 12.2. The summed E-state index contributed by atoms with van der Waals surface area (Å²) in [5.74, 6) is -0.741. The lowest BCUT2D eigenvalue weighted by molar-refractivity contribution is -0.121. The van der Waals surface area contributed by atoms with Crippen molar-refractivity contribution < 1.29 is 14.3 Å². The molecule has 3 rings (SSSR count). The lowest BCUT2D eigenvalue weighted by Crippen LogP contribution is -2.45. The van der Waals surface area contributed by atoms with Crippen molar-refractivity contribution in [1.82, 2.24) is 15.8 Å². The highest BCUT2D eigenvalue weighted by Crippen LogP contribution is 2.25. The highest BCUT2D eigenvalue weighted by atomic mass is 35.5. The number of thioether (sulfide) groups is 1. The number of morpholine rings is 1. The molecule has 1 aromatic carbocycles. The van der Waals surface area contributed by atoms with Gasteiger partial charge in [0.2, 0.25) is 0 Å². The molecule has 2 amide bonds. The van der Waals surface area contributed by atoms with Gasteiger partial charge in [0.1, 0.15) is 5.69 Å². The van der Waals surface area contributed by atoms with E-state index >= 15 is 0 Å². The van der Waals surface area contributed by atoms with Crippen LogP contribution in [0, 0.1) is 0 Å². The van der Waals surface area contributed by atoms with Crippen LogP contribution in [0.5, 0.6) is 0 Å². The minimum absolute atomic E-state index is 0.278. The minimum Gasteiger partial charge on any atom is -0.378 e. The average Bonchev–Trinajstić information content (AvgIpc) is 3.18. The second-order valence-electron chi connectivity index (χ2n) is 5.77. The van der Waals surface area contributed by atoms with Gasteiger partial charge in [0, 0.05) is 28.4 Å². The Balaban J connectivity index is 1.48. The average molecular weight is 427 g/mol. The van der Waals surface area contributed by atoms with E-state index in [-0.39, 0.29) is 16.9 Å². The first-order valence-electron chi connectivity index (χ1n) is 8.33. The summed E-state index contributed by atoms with van der Waals surface area (Å²) in [6.45, 7) is 4.58. The molecule has 0 unspecified atom stereocenters. The number of ether oxygens (including phenoxy) is 1. The van der Waals surface area contributed by atoms with Crippen molar-refractivity contribution >= 4 is 51.6 Å². The van der Waals surface area contributed by atoms with Crippen LogP contribution < -0.4 is 15.8 Å². The van der Waals surface area contributed by atoms with Gasteiger partial charge < -0.3 is 9.64 Å². The number of carbonyl (C=O) groups excluding carboxylic acids is 2. The molecule has 0 spiro atoms. The van der Waals surface area contributed by atoms with Crippen LogP contribution in [0.1, 0.15) is 17.4 Å². The summed E-state index contributed by atoms with van der Waals surface area (Å²) in [6, 6.07) is 7.23. The number of hydrazine groups is 1. The predicted octanol–water partition coefficient (Wildman–Crippen LogP) is 2.57. The number of carbonyl (C=O) groups is 2. The van der Waals surface area contributed by atoms with E-state index in [0.29, 0.717) is 18.2 Å². The molecule has 1 atom stereocenters. The number of benzene rings is 1. The van der Waals surface area contributed by atoms with E-state index < -0.39 is 5.91 Å². The number of thiazole rings is 1. The summed E-state index contributed by atoms with van der Waals surface area (Å²) in [5.41, 5.74) is 5.14. The van der Waals surface area contributed by atoms with Gasteiger partial charge in [-0.2, -0.15) is 0 Å². The number of hydrogen-bond acceptors (Lipinski definition) is 7. The monoisotopic (exact) mass is 426 g/mol. The van der Waals surface area contributed by atoms with Crippen molar-refractivity contribution in [2.24, 2.45) is 0 Å². The number of amides is 2. The zero-order valence-corrected chi connectivity index (χ0v) is 17.0. The van der Waals surface area contributed by atoms with Crippen LogP contribution in [0.2, 0.25) is 5.02 Å². The van der Waals surface area contributed by atoms with E-state index in [1.54, 1.807) is 24.4 Å². The molecule has 0 aliphatic carbocycles. The Morgan fingerprint density at radius 2 is 1.96 bits per heavy atom. The number of hydrogen-bond donors (Lipinski definition) is 2. The minimum atomic E-state index is -0.442. The van der Waals surface area contributed by atoms with E-state index in [4.69, 9.17) is 16.3 Å². The zero-order chi connectivity index (χ0) is 19.2. The lowest BCUT2D eigenvalue weighted by atomic mass is 10.4. The SMILES string of the molecule is C[C@@H](Sc1ccc(Cl)cc1)C(=O)NNC(=O)c1csc(N2CCOCC2)n1. The first-order valence-corrected chi connectivity index (χ1v) is 10.5. The van der Waals surface area contributed by atoms with Crippen molar-refractivity contribution in [2.75, 3.05) is 31.2 Å². The van der Waals surface area contributed by atoms with E-state index in [2.05, 4.69) is 20.7 Å². The van der Waals surface area contributed by atoms with Gasteiger partial charge in [-0.3, -0.25) is 20.4 Å². The van der Waals surface area contributed by atoms with Gasteiger partial charge in [-0.15, -0.1) is 23.1 Å². The van der Waals surface area contributed by atoms with Gasteiger partial charge >= 0.3 is 0 Å². The molecule has 0 radical (unpaired) electrons. The van der Waals surface area contributed by atoms with E-state index in [9.17, 15) is 9.59 Å². The number of anilines is 1. The Morgan fingerprint density at radius 3 is 2.67 bits per heavy atom. The first kappa shape index (κ1) is 19.9. The fraction of sp³-hybridized carbons (Fsp3) is 0.353. The molecule has 27 heavy (non-hydrogen) atoms. The fourth-order valence-electron chi connectivity index (χ4n) is 2.32. The van der Waals surface area contributed by atoms with E-state index in [1.165, 1.54) is 23.1 Å². The zero-order valence-electron chi connectivity index (χ0n) is 14.6. The number of aromatic nitrogens is 1. The van der Waals surface area contributed by atoms with Gasteiger partial charge in [0.25, 0.3) is 11.8 Å². The third-order valence-electron chi connectivity index (χ3n) is 3.80. The molecule has 2 aromatic rings. The van der Waals surface area contributed by atoms with Gasteiger partial charge in [-0.25, -0.2) is 4.98 Å². The van der Waals surface area contributed by atoms with Crippen LogP contribution in [0.25, 0.3) is 0 Å². The Hall–Kier alpha value is -1.81. The molecule has 1 aliphatic heterocycles. The normalized spacial score (nSPS) is 15.3. The van der Waals surface area contributed by atoms with E-state index in [0.717, 1.165) is 23.1 Å². The molecule has 1 fully saturated rings. The molecule has 144 valence electrons. The van der Waals surface area contributed by atoms with Gasteiger partial charge in [-0.05, 0) is 31.2 Å². The second kappa shape index (κ2) is 9.41. The summed E-state index contributed by atoms with van der Waals surface area (Å²) in [4.78, 5) is 31.7. The van der Waals surface area contributed by atoms with Gasteiger partial charge in [0.15, 0.2) is 5.13 Å². The fourth-order valence-corrected chi connectivity index (χ4v) is 4.18. The lowest BCUT2D eigenvalue weighted by Gasteiger charge is -2.25. The molecular weight excluding hydrogens is 408 g/mol. The Kier molecular flexibility index (Phi) is 6.95. The highest BCUT2D eigenvalue weighted by Gasteiger charge is 2.19. The third-order valence-corrected chi connectivity index (χ3v) is 6.07. The van der Waals surface area contributed by atoms with Crippen molar-refractivity contribution in [3.05, 3.63) is 40.4 Å². The van der Waals surface area contributed by atoms with Crippen LogP contribution in [0.3, 0.4) is 0 Å². The second-order valence-corrected chi connectivity index (χ2v) is 8.46. The van der Waals surface area contributed by atoms with Crippen molar-refractivity contribution in [1.29, 1.82) is 0 Å². The smallest absolute Gasteiger partial charge is 0.289 e. The largest absolute Gasteiger partial charge is 0.378 e. The van der Waals surface area contributed by atoms with Crippen LogP contribution in [0.4, 0.5) is 5.13 Å². The molecule has 2 heterocycles. The van der Waals surface area contributed by atoms with Crippen LogP contribution in [-0.2, 0) is 9.53 Å². The highest BCUT2D eigenvalue weighted by molar-refractivity contribution is 8.00. The Labute approximate surface area is 170 Å². The molecule has 1 aliphatic rings. The topological polar surface area (TPSA) is 83.6 Å². The van der Waals surface area contributed by atoms with Gasteiger partial charge in [0.05, 0.1) is 18.5 Å². The third kappa shape index (κ3) is 5.58. The number of nitrogens with one attached hydrogen (secondary N) is 2. The van der Waals surface area contributed by atoms with Gasteiger partial charge in [-0.1, -0.05) is 11.6 Å². The molecule has 2 N–H and O–H groups in total. The number of nitrogens with zero attached hydrogens (tertiary/aromatic N) is 2. The molecular formula is C17H19ClN4O3S2. The van der Waals surface area contributed by atoms with Crippen LogP contribution in [0.15, 0.2) is 34.5 Å². The van der Waals surface area contributed by atoms with Crippen molar-refractivity contribution in [3.63, 3.8) is 0 Å². The maximum atomic E-state index is 12.2. The summed E-state index contributed by atoms with van der Waals surface area (Å²) in [5, 5.41) is 2.72. The molecule has 0 saturated carbocycles. The number of halogens is 1. The molecule has 1 aromatic heterocycles. The Bertz CT molecular complexity index is 794. The molecule has 1 saturated heterocycles. The molecule has 7 nitrogen and oxygen atoms in total. The summed E-state index contributed by atoms with van der Waals surface area (Å²) in [7, 11) is 0. The van der Waals surface area contributed by atoms with Crippen LogP contribution >= 0.6 is 34.7 Å². The van der Waals surface area contributed by atoms with Crippen molar-refractivity contribution in [3.8, 4) is 0 Å². The van der Waals surface area contributed by atoms with E-state index in [1.807, 2.05) is 12.1 Å². The molecule has 0 bridgehead atoms. The van der Waals surface area contributed by atoms with Crippen molar-refractivity contribution in [2.45, 2.75) is 17.1 Å². The molecule has 10 heteroatoms. The predicted molar refractivity (Wildman–Crippen MR) is 108 cm³/mol.